The Hall–Kier alpha value is -2.34. The van der Waals surface area contributed by atoms with E-state index in [0.717, 1.165) is 31.3 Å². The van der Waals surface area contributed by atoms with Crippen LogP contribution in [0.3, 0.4) is 0 Å². The van der Waals surface area contributed by atoms with Gasteiger partial charge in [-0.05, 0) is 35.0 Å². The minimum Gasteiger partial charge on any atom is -0.143 e. The quantitative estimate of drug-likeness (QED) is 0.268. The summed E-state index contributed by atoms with van der Waals surface area (Å²) in [7, 11) is 0. The third-order valence-corrected chi connectivity index (χ3v) is 8.71. The maximum absolute atomic E-state index is 5.94. The maximum Gasteiger partial charge on any atom is 0.0525 e. The van der Waals surface area contributed by atoms with Gasteiger partial charge in [0.15, 0.2) is 0 Å². The summed E-state index contributed by atoms with van der Waals surface area (Å²) in [5, 5.41) is 6.38. The smallest absolute Gasteiger partial charge is 0.0525 e. The highest BCUT2D eigenvalue weighted by atomic mass is 32.1. The molecule has 122 valence electrons. The van der Waals surface area contributed by atoms with Gasteiger partial charge in [0.2, 0.25) is 0 Å². The summed E-state index contributed by atoms with van der Waals surface area (Å²) in [4.78, 5) is 4.94. The number of hydrogen-bond donors (Lipinski definition) is 0. The monoisotopic (exact) mass is 402 g/mol. The van der Waals surface area contributed by atoms with Gasteiger partial charge in [-0.1, -0.05) is 24.0 Å². The molecule has 0 fully saturated rings. The molecule has 4 heteroatoms. The van der Waals surface area contributed by atoms with Crippen molar-refractivity contribution in [2.45, 2.75) is 0 Å². The molecule has 0 atom stereocenters. The molecule has 5 aromatic rings. The van der Waals surface area contributed by atoms with Crippen molar-refractivity contribution >= 4 is 65.5 Å². The van der Waals surface area contributed by atoms with Gasteiger partial charge >= 0.3 is 0 Å². The minimum absolute atomic E-state index is 0.959. The molecule has 5 rings (SSSR count). The summed E-state index contributed by atoms with van der Waals surface area (Å²) < 4.78 is 2.23. The Kier molecular flexibility index (Phi) is 3.74. The van der Waals surface area contributed by atoms with Crippen molar-refractivity contribution in [2.24, 2.45) is 0 Å². The van der Waals surface area contributed by atoms with Crippen molar-refractivity contribution in [3.63, 3.8) is 0 Å². The lowest BCUT2D eigenvalue weighted by Gasteiger charge is -2.02. The average molecular weight is 403 g/mol. The van der Waals surface area contributed by atoms with Crippen molar-refractivity contribution in [1.82, 2.24) is 0 Å². The first-order chi connectivity index (χ1) is 12.8. The molecule has 0 aliphatic heterocycles. The number of rotatable bonds is 2. The number of fused-ring (bicyclic) bond motifs is 2. The van der Waals surface area contributed by atoms with Crippen molar-refractivity contribution in [2.75, 3.05) is 0 Å². The van der Waals surface area contributed by atoms with Crippen LogP contribution in [-0.2, 0) is 0 Å². The fraction of sp³-hybridized carbons (Fsp3) is 0. The van der Waals surface area contributed by atoms with Gasteiger partial charge in [0.25, 0.3) is 0 Å². The summed E-state index contributed by atoms with van der Waals surface area (Å²) in [6, 6.07) is 12.8. The Morgan fingerprint density at radius 1 is 0.654 bits per heavy atom. The molecule has 0 aliphatic carbocycles. The number of benzene rings is 1. The lowest BCUT2D eigenvalue weighted by Crippen LogP contribution is -1.82. The SMILES string of the molecule is C#Cc1c2cc(-c3cccs3)sc2c(C#C)c2cc(-c3cccs3)sc12. The first-order valence-electron chi connectivity index (χ1n) is 7.84. The molecular weight excluding hydrogens is 393 g/mol. The van der Waals surface area contributed by atoms with E-state index in [0.29, 0.717) is 0 Å². The van der Waals surface area contributed by atoms with E-state index in [1.54, 1.807) is 45.3 Å². The minimum atomic E-state index is 0.959. The molecule has 0 aliphatic rings. The van der Waals surface area contributed by atoms with Crippen LogP contribution in [0.5, 0.6) is 0 Å². The molecule has 0 N–H and O–H groups in total. The summed E-state index contributed by atoms with van der Waals surface area (Å²) in [6.07, 6.45) is 11.9. The second kappa shape index (κ2) is 6.13. The van der Waals surface area contributed by atoms with E-state index in [4.69, 9.17) is 12.8 Å². The Labute approximate surface area is 167 Å². The van der Waals surface area contributed by atoms with E-state index in [1.165, 1.54) is 19.5 Å². The van der Waals surface area contributed by atoms with E-state index in [2.05, 4.69) is 59.0 Å². The van der Waals surface area contributed by atoms with Gasteiger partial charge in [-0.25, -0.2) is 0 Å². The molecule has 1 aromatic carbocycles. The molecule has 4 aromatic heterocycles. The Morgan fingerprint density at radius 2 is 1.12 bits per heavy atom. The zero-order valence-electron chi connectivity index (χ0n) is 13.4. The van der Waals surface area contributed by atoms with Crippen molar-refractivity contribution in [3.05, 3.63) is 58.3 Å². The number of terminal acetylenes is 2. The Morgan fingerprint density at radius 3 is 1.46 bits per heavy atom. The molecule has 0 saturated heterocycles. The second-order valence-electron chi connectivity index (χ2n) is 5.70. The van der Waals surface area contributed by atoms with Crippen LogP contribution in [0.2, 0.25) is 0 Å². The van der Waals surface area contributed by atoms with Crippen molar-refractivity contribution < 1.29 is 0 Å². The van der Waals surface area contributed by atoms with Crippen LogP contribution >= 0.6 is 45.3 Å². The molecule has 0 saturated carbocycles. The highest BCUT2D eigenvalue weighted by molar-refractivity contribution is 7.27. The van der Waals surface area contributed by atoms with E-state index in [1.807, 2.05) is 0 Å². The maximum atomic E-state index is 5.94. The predicted octanol–water partition coefficient (Wildman–Crippen LogP) is 7.54. The van der Waals surface area contributed by atoms with E-state index in [9.17, 15) is 0 Å². The first-order valence-corrected chi connectivity index (χ1v) is 11.2. The normalized spacial score (nSPS) is 11.0. The summed E-state index contributed by atoms with van der Waals surface area (Å²) in [6.45, 7) is 0. The molecule has 0 amide bonds. The van der Waals surface area contributed by atoms with Crippen LogP contribution in [-0.4, -0.2) is 0 Å². The van der Waals surface area contributed by atoms with E-state index < -0.39 is 0 Å². The Balaban J connectivity index is 1.89. The van der Waals surface area contributed by atoms with Crippen LogP contribution in [0, 0.1) is 24.7 Å². The molecule has 0 bridgehead atoms. The van der Waals surface area contributed by atoms with Crippen LogP contribution in [0.4, 0.5) is 0 Å². The molecule has 0 spiro atoms. The van der Waals surface area contributed by atoms with Gasteiger partial charge < -0.3 is 0 Å². The highest BCUT2D eigenvalue weighted by Gasteiger charge is 2.19. The molecule has 26 heavy (non-hydrogen) atoms. The molecular formula is C22H10S4. The molecule has 4 heterocycles. The first kappa shape index (κ1) is 15.9. The largest absolute Gasteiger partial charge is 0.143 e. The summed E-state index contributed by atoms with van der Waals surface area (Å²) >= 11 is 6.95. The summed E-state index contributed by atoms with van der Waals surface area (Å²) in [5.74, 6) is 5.87. The van der Waals surface area contributed by atoms with Crippen LogP contribution in [0.25, 0.3) is 39.7 Å². The van der Waals surface area contributed by atoms with Crippen molar-refractivity contribution in [1.29, 1.82) is 0 Å². The molecule has 0 unspecified atom stereocenters. The van der Waals surface area contributed by atoms with Crippen LogP contribution < -0.4 is 0 Å². The average Bonchev–Trinajstić information content (AvgIpc) is 3.44. The fourth-order valence-electron chi connectivity index (χ4n) is 3.14. The highest BCUT2D eigenvalue weighted by Crippen LogP contribution is 2.46. The van der Waals surface area contributed by atoms with Gasteiger partial charge in [0.05, 0.1) is 20.5 Å². The fourth-order valence-corrected chi connectivity index (χ4v) is 7.16. The zero-order valence-corrected chi connectivity index (χ0v) is 16.7. The van der Waals surface area contributed by atoms with Crippen LogP contribution in [0.15, 0.2) is 47.2 Å². The summed E-state index contributed by atoms with van der Waals surface area (Å²) in [5.41, 5.74) is 1.92. The lowest BCUT2D eigenvalue weighted by molar-refractivity contribution is 1.88. The van der Waals surface area contributed by atoms with E-state index in [-0.39, 0.29) is 0 Å². The topological polar surface area (TPSA) is 0 Å². The standard InChI is InChI=1S/C22H10S4/c1-3-13-15-11-19(17-7-5-9-23-17)26-22(15)14(4-2)16-12-20(25-21(13)16)18-8-6-10-24-18/h1-2,5-12H. The predicted molar refractivity (Wildman–Crippen MR) is 120 cm³/mol. The van der Waals surface area contributed by atoms with E-state index >= 15 is 0 Å². The second-order valence-corrected chi connectivity index (χ2v) is 9.70. The zero-order chi connectivity index (χ0) is 17.7. The third kappa shape index (κ3) is 2.28. The van der Waals surface area contributed by atoms with Gasteiger partial charge in [-0.3, -0.25) is 0 Å². The number of hydrogen-bond acceptors (Lipinski definition) is 4. The van der Waals surface area contributed by atoms with Gasteiger partial charge in [0.1, 0.15) is 0 Å². The van der Waals surface area contributed by atoms with Gasteiger partial charge in [0, 0.05) is 30.3 Å². The molecule has 0 nitrogen and oxygen atoms in total. The van der Waals surface area contributed by atoms with Crippen LogP contribution in [0.1, 0.15) is 11.1 Å². The number of thiophene rings is 4. The molecule has 0 radical (unpaired) electrons. The van der Waals surface area contributed by atoms with Crippen molar-refractivity contribution in [3.8, 4) is 44.2 Å². The Bertz CT molecular complexity index is 1170. The van der Waals surface area contributed by atoms with Gasteiger partial charge in [-0.15, -0.1) is 58.2 Å². The third-order valence-electron chi connectivity index (χ3n) is 4.27. The van der Waals surface area contributed by atoms with Gasteiger partial charge in [-0.2, -0.15) is 0 Å². The lowest BCUT2D eigenvalue weighted by atomic mass is 10.0.